The minimum atomic E-state index is -0.867. The van der Waals surface area contributed by atoms with Gasteiger partial charge in [0, 0.05) is 31.7 Å². The highest BCUT2D eigenvalue weighted by Gasteiger charge is 2.70. The van der Waals surface area contributed by atoms with Gasteiger partial charge in [0.05, 0.1) is 18.8 Å². The van der Waals surface area contributed by atoms with E-state index in [0.29, 0.717) is 39.2 Å². The summed E-state index contributed by atoms with van der Waals surface area (Å²) < 4.78 is 5.63. The molecule has 0 spiro atoms. The smallest absolute Gasteiger partial charge is 0.335 e. The molecule has 270 valence electrons. The van der Waals surface area contributed by atoms with E-state index in [9.17, 15) is 9.90 Å². The van der Waals surface area contributed by atoms with Gasteiger partial charge in [-0.25, -0.2) is 4.79 Å². The Morgan fingerprint density at radius 1 is 0.917 bits per heavy atom. The molecule has 2 N–H and O–H groups in total. The number of fused-ring (bicyclic) bond motifs is 7. The molecule has 0 aromatic rings. The van der Waals surface area contributed by atoms with Crippen LogP contribution in [0, 0.1) is 63.1 Å². The molecule has 0 aromatic heterocycles. The van der Waals surface area contributed by atoms with Gasteiger partial charge in [-0.1, -0.05) is 72.8 Å². The molecule has 10 atom stereocenters. The minimum absolute atomic E-state index is 0.132. The molecule has 0 aromatic carbocycles. The van der Waals surface area contributed by atoms with E-state index < -0.39 is 5.97 Å². The van der Waals surface area contributed by atoms with Crippen LogP contribution in [0.25, 0.3) is 0 Å². The van der Waals surface area contributed by atoms with Crippen LogP contribution in [-0.2, 0) is 9.53 Å². The summed E-state index contributed by atoms with van der Waals surface area (Å²) in [7, 11) is 0. The van der Waals surface area contributed by atoms with E-state index in [1.165, 1.54) is 57.8 Å². The van der Waals surface area contributed by atoms with Gasteiger partial charge in [-0.3, -0.25) is 4.90 Å². The average molecular weight is 663 g/mol. The lowest BCUT2D eigenvalue weighted by atomic mass is 9.32. The van der Waals surface area contributed by atoms with Gasteiger partial charge < -0.3 is 15.2 Å². The van der Waals surface area contributed by atoms with E-state index in [1.807, 2.05) is 6.08 Å². The Morgan fingerprint density at radius 3 is 2.31 bits per heavy atom. The number of aliphatic carboxylic acids is 1. The SMILES string of the molecule is C=C(C=CC(=CC)C(=O)O)C1CCC2(C)C(CCC3(C)C2CCC2C4C(C(C)C)CCC4(NCCN4CCOCC4)CCC23C)C1(C)C. The van der Waals surface area contributed by atoms with E-state index >= 15 is 0 Å². The van der Waals surface area contributed by atoms with Crippen LogP contribution in [0.1, 0.15) is 120 Å². The largest absolute Gasteiger partial charge is 0.478 e. The summed E-state index contributed by atoms with van der Waals surface area (Å²) in [6.45, 7) is 30.9. The molecule has 10 unspecified atom stereocenters. The molecular formula is C43H70N2O3. The van der Waals surface area contributed by atoms with Crippen LogP contribution in [0.4, 0.5) is 0 Å². The van der Waals surface area contributed by atoms with Crippen molar-refractivity contribution in [2.24, 2.45) is 63.1 Å². The summed E-state index contributed by atoms with van der Waals surface area (Å²) in [6, 6.07) is 0. The van der Waals surface area contributed by atoms with E-state index in [4.69, 9.17) is 4.74 Å². The highest BCUT2D eigenvalue weighted by molar-refractivity contribution is 5.89. The van der Waals surface area contributed by atoms with Gasteiger partial charge in [0.25, 0.3) is 0 Å². The summed E-state index contributed by atoms with van der Waals surface area (Å²) in [5.41, 5.74) is 2.99. The lowest BCUT2D eigenvalue weighted by Gasteiger charge is -2.73. The molecule has 0 radical (unpaired) electrons. The third-order valence-electron chi connectivity index (χ3n) is 16.9. The quantitative estimate of drug-likeness (QED) is 0.191. The van der Waals surface area contributed by atoms with Crippen molar-refractivity contribution in [3.05, 3.63) is 36.0 Å². The van der Waals surface area contributed by atoms with E-state index in [1.54, 1.807) is 19.1 Å². The van der Waals surface area contributed by atoms with Gasteiger partial charge in [-0.2, -0.15) is 0 Å². The van der Waals surface area contributed by atoms with Crippen LogP contribution in [0.3, 0.4) is 0 Å². The summed E-state index contributed by atoms with van der Waals surface area (Å²) in [5.74, 6) is 4.12. The second-order valence-corrected chi connectivity index (χ2v) is 19.0. The first kappa shape index (κ1) is 36.4. The van der Waals surface area contributed by atoms with Crippen molar-refractivity contribution in [1.82, 2.24) is 10.2 Å². The molecule has 6 fully saturated rings. The van der Waals surface area contributed by atoms with Crippen LogP contribution in [-0.4, -0.2) is 60.9 Å². The van der Waals surface area contributed by atoms with Crippen molar-refractivity contribution in [1.29, 1.82) is 0 Å². The van der Waals surface area contributed by atoms with Crippen molar-refractivity contribution in [2.45, 2.75) is 125 Å². The molecule has 0 amide bonds. The van der Waals surface area contributed by atoms with Gasteiger partial charge >= 0.3 is 5.97 Å². The fourth-order valence-electron chi connectivity index (χ4n) is 14.3. The Bertz CT molecular complexity index is 1280. The monoisotopic (exact) mass is 663 g/mol. The number of carboxylic acid groups (broad SMARTS) is 1. The first-order valence-electron chi connectivity index (χ1n) is 20.0. The maximum Gasteiger partial charge on any atom is 0.335 e. The number of nitrogens with one attached hydrogen (secondary N) is 1. The van der Waals surface area contributed by atoms with Crippen LogP contribution >= 0.6 is 0 Å². The molecule has 48 heavy (non-hydrogen) atoms. The topological polar surface area (TPSA) is 61.8 Å². The third kappa shape index (κ3) is 5.72. The van der Waals surface area contributed by atoms with Gasteiger partial charge in [0.15, 0.2) is 0 Å². The zero-order chi connectivity index (χ0) is 34.7. The van der Waals surface area contributed by atoms with Gasteiger partial charge in [0.1, 0.15) is 0 Å². The molecule has 0 bridgehead atoms. The zero-order valence-corrected chi connectivity index (χ0v) is 32.0. The molecule has 5 aliphatic carbocycles. The minimum Gasteiger partial charge on any atom is -0.478 e. The molecule has 5 saturated carbocycles. The second-order valence-electron chi connectivity index (χ2n) is 19.0. The van der Waals surface area contributed by atoms with Crippen LogP contribution in [0.5, 0.6) is 0 Å². The van der Waals surface area contributed by atoms with Gasteiger partial charge in [-0.15, -0.1) is 0 Å². The molecular weight excluding hydrogens is 592 g/mol. The Hall–Kier alpha value is -1.43. The fourth-order valence-corrected chi connectivity index (χ4v) is 14.3. The van der Waals surface area contributed by atoms with Gasteiger partial charge in [-0.05, 0) is 140 Å². The van der Waals surface area contributed by atoms with Crippen molar-refractivity contribution in [2.75, 3.05) is 39.4 Å². The maximum absolute atomic E-state index is 11.6. The van der Waals surface area contributed by atoms with Crippen molar-refractivity contribution in [3.63, 3.8) is 0 Å². The Kier molecular flexibility index (Phi) is 10.1. The molecule has 6 rings (SSSR count). The van der Waals surface area contributed by atoms with Crippen molar-refractivity contribution < 1.29 is 14.6 Å². The van der Waals surface area contributed by atoms with Crippen molar-refractivity contribution in [3.8, 4) is 0 Å². The zero-order valence-electron chi connectivity index (χ0n) is 32.0. The van der Waals surface area contributed by atoms with E-state index in [-0.39, 0.29) is 5.41 Å². The highest BCUT2D eigenvalue weighted by atomic mass is 16.5. The highest BCUT2D eigenvalue weighted by Crippen LogP contribution is 2.77. The average Bonchev–Trinajstić information content (AvgIpc) is 3.42. The molecule has 5 nitrogen and oxygen atoms in total. The predicted molar refractivity (Wildman–Crippen MR) is 198 cm³/mol. The predicted octanol–water partition coefficient (Wildman–Crippen LogP) is 9.16. The number of nitrogens with zero attached hydrogens (tertiary/aromatic N) is 1. The lowest BCUT2D eigenvalue weighted by Crippen LogP contribution is -2.68. The summed E-state index contributed by atoms with van der Waals surface area (Å²) in [6.07, 6.45) is 18.8. The number of carbonyl (C=O) groups is 1. The summed E-state index contributed by atoms with van der Waals surface area (Å²) >= 11 is 0. The molecule has 5 heteroatoms. The Balaban J connectivity index is 1.23. The Labute approximate surface area is 293 Å². The Morgan fingerprint density at radius 2 is 1.65 bits per heavy atom. The second kappa shape index (κ2) is 13.3. The normalized spacial score (nSPS) is 44.6. The number of rotatable bonds is 9. The molecule has 1 aliphatic heterocycles. The molecule has 6 aliphatic rings. The number of morpholine rings is 1. The summed E-state index contributed by atoms with van der Waals surface area (Å²) in [4.78, 5) is 14.2. The van der Waals surface area contributed by atoms with E-state index in [0.717, 1.165) is 81.0 Å². The molecule has 1 saturated heterocycles. The number of ether oxygens (including phenoxy) is 1. The van der Waals surface area contributed by atoms with Crippen LogP contribution in [0.15, 0.2) is 36.0 Å². The molecule has 1 heterocycles. The number of hydrogen-bond donors (Lipinski definition) is 2. The van der Waals surface area contributed by atoms with E-state index in [2.05, 4.69) is 65.3 Å². The summed E-state index contributed by atoms with van der Waals surface area (Å²) in [5, 5.41) is 13.9. The number of hydrogen-bond acceptors (Lipinski definition) is 4. The maximum atomic E-state index is 11.6. The fraction of sp³-hybridized carbons (Fsp3) is 0.837. The number of allylic oxidation sites excluding steroid dienone is 3. The van der Waals surface area contributed by atoms with Crippen LogP contribution in [0.2, 0.25) is 0 Å². The van der Waals surface area contributed by atoms with Crippen molar-refractivity contribution >= 4 is 5.97 Å². The number of carboxylic acids is 1. The lowest BCUT2D eigenvalue weighted by molar-refractivity contribution is -0.237. The standard InChI is InChI=1S/C43H70N2O3/c1-10-31(38(46)47)12-11-30(4)33-16-18-40(7)35(39(33,5)6)17-19-42(9)36(40)14-13-34-37-32(29(2)3)15-20-43(37,22-21-41(34,42)8)44-23-24-45-25-27-48-28-26-45/h10-12,29,32-37,44H,4,13-28H2,1-3,5-9H3,(H,46,47). The van der Waals surface area contributed by atoms with Crippen LogP contribution < -0.4 is 5.32 Å². The first-order chi connectivity index (χ1) is 22.6. The third-order valence-corrected chi connectivity index (χ3v) is 16.9. The van der Waals surface area contributed by atoms with Gasteiger partial charge in [0.2, 0.25) is 0 Å². The first-order valence-corrected chi connectivity index (χ1v) is 20.0.